The third-order valence-electron chi connectivity index (χ3n) is 5.23. The summed E-state index contributed by atoms with van der Waals surface area (Å²) in [4.78, 5) is 15.8. The molecule has 0 bridgehead atoms. The molecule has 2 aromatic heterocycles. The van der Waals surface area contributed by atoms with Crippen molar-refractivity contribution >= 4 is 5.82 Å². The molecular formula is C18H23N5O. The Labute approximate surface area is 142 Å². The topological polar surface area (TPSA) is 77.2 Å². The van der Waals surface area contributed by atoms with Gasteiger partial charge in [-0.15, -0.1) is 0 Å². The van der Waals surface area contributed by atoms with E-state index in [0.29, 0.717) is 17.8 Å². The molecular weight excluding hydrogens is 302 g/mol. The Kier molecular flexibility index (Phi) is 4.16. The molecule has 1 unspecified atom stereocenters. The Morgan fingerprint density at radius 1 is 1.17 bits per heavy atom. The average molecular weight is 325 g/mol. The van der Waals surface area contributed by atoms with Gasteiger partial charge >= 0.3 is 0 Å². The molecule has 2 aliphatic heterocycles. The third kappa shape index (κ3) is 2.99. The number of aromatic nitrogens is 3. The fraction of sp³-hybridized carbons (Fsp3) is 0.500. The standard InChI is InChI=1S/C18H23N5O/c19-12-14-11-18(13-24-14)5-9-23(10-6-18)16-4-8-21-17(22-16)15-3-1-2-7-20-15/h1-4,7-8,14H,5-6,9-13,19H2. The highest BCUT2D eigenvalue weighted by Gasteiger charge is 2.42. The molecule has 2 aromatic rings. The van der Waals surface area contributed by atoms with E-state index in [4.69, 9.17) is 15.5 Å². The first-order valence-electron chi connectivity index (χ1n) is 8.59. The summed E-state index contributed by atoms with van der Waals surface area (Å²) in [7, 11) is 0. The van der Waals surface area contributed by atoms with E-state index in [9.17, 15) is 0 Å². The van der Waals surface area contributed by atoms with Crippen LogP contribution in [0.2, 0.25) is 0 Å². The van der Waals surface area contributed by atoms with Crippen LogP contribution >= 0.6 is 0 Å². The highest BCUT2D eigenvalue weighted by molar-refractivity contribution is 5.52. The molecule has 0 saturated carbocycles. The van der Waals surface area contributed by atoms with Crippen LogP contribution < -0.4 is 10.6 Å². The largest absolute Gasteiger partial charge is 0.376 e. The van der Waals surface area contributed by atoms with Crippen molar-refractivity contribution in [3.63, 3.8) is 0 Å². The fourth-order valence-electron chi connectivity index (χ4n) is 3.75. The number of nitrogens with two attached hydrogens (primary N) is 1. The number of rotatable bonds is 3. The van der Waals surface area contributed by atoms with Gasteiger partial charge in [0.05, 0.1) is 12.7 Å². The predicted molar refractivity (Wildman–Crippen MR) is 92.6 cm³/mol. The molecule has 0 aromatic carbocycles. The second-order valence-corrected chi connectivity index (χ2v) is 6.81. The van der Waals surface area contributed by atoms with Crippen LogP contribution in [0.5, 0.6) is 0 Å². The molecule has 0 aliphatic carbocycles. The molecule has 2 N–H and O–H groups in total. The SMILES string of the molecule is NCC1CC2(CCN(c3ccnc(-c4ccccn4)n3)CC2)CO1. The smallest absolute Gasteiger partial charge is 0.180 e. The van der Waals surface area contributed by atoms with Crippen molar-refractivity contribution in [3.8, 4) is 11.5 Å². The van der Waals surface area contributed by atoms with Crippen LogP contribution in [0.1, 0.15) is 19.3 Å². The maximum atomic E-state index is 5.84. The van der Waals surface area contributed by atoms with E-state index >= 15 is 0 Å². The lowest BCUT2D eigenvalue weighted by molar-refractivity contribution is 0.0926. The van der Waals surface area contributed by atoms with E-state index in [1.54, 1.807) is 6.20 Å². The first kappa shape index (κ1) is 15.5. The average Bonchev–Trinajstić information content (AvgIpc) is 3.06. The van der Waals surface area contributed by atoms with Gasteiger partial charge in [0, 0.05) is 32.0 Å². The van der Waals surface area contributed by atoms with Crippen molar-refractivity contribution in [3.05, 3.63) is 36.7 Å². The number of hydrogen-bond donors (Lipinski definition) is 1. The van der Waals surface area contributed by atoms with Crippen LogP contribution in [0.3, 0.4) is 0 Å². The normalized spacial score (nSPS) is 22.9. The summed E-state index contributed by atoms with van der Waals surface area (Å²) < 4.78 is 5.84. The first-order valence-corrected chi connectivity index (χ1v) is 8.59. The lowest BCUT2D eigenvalue weighted by Gasteiger charge is -2.39. The quantitative estimate of drug-likeness (QED) is 0.928. The predicted octanol–water partition coefficient (Wildman–Crippen LogP) is 1.87. The summed E-state index contributed by atoms with van der Waals surface area (Å²) in [6.45, 7) is 3.48. The fourth-order valence-corrected chi connectivity index (χ4v) is 3.75. The Balaban J connectivity index is 1.47. The molecule has 2 aliphatic rings. The van der Waals surface area contributed by atoms with Gasteiger partial charge in [-0.05, 0) is 42.9 Å². The van der Waals surface area contributed by atoms with Gasteiger partial charge in [0.25, 0.3) is 0 Å². The summed E-state index contributed by atoms with van der Waals surface area (Å²) in [5.41, 5.74) is 6.88. The summed E-state index contributed by atoms with van der Waals surface area (Å²) >= 11 is 0. The summed E-state index contributed by atoms with van der Waals surface area (Å²) in [5, 5.41) is 0. The number of piperidine rings is 1. The maximum Gasteiger partial charge on any atom is 0.180 e. The van der Waals surface area contributed by atoms with E-state index in [2.05, 4.69) is 14.9 Å². The van der Waals surface area contributed by atoms with Crippen molar-refractivity contribution < 1.29 is 4.74 Å². The molecule has 2 saturated heterocycles. The molecule has 4 rings (SSSR count). The molecule has 4 heterocycles. The molecule has 0 amide bonds. The molecule has 6 nitrogen and oxygen atoms in total. The van der Waals surface area contributed by atoms with Gasteiger partial charge in [-0.25, -0.2) is 9.97 Å². The monoisotopic (exact) mass is 325 g/mol. The van der Waals surface area contributed by atoms with E-state index in [1.807, 2.05) is 30.5 Å². The van der Waals surface area contributed by atoms with Crippen LogP contribution in [0.4, 0.5) is 5.82 Å². The zero-order chi connectivity index (χ0) is 16.4. The van der Waals surface area contributed by atoms with Crippen LogP contribution in [0.15, 0.2) is 36.7 Å². The van der Waals surface area contributed by atoms with Crippen LogP contribution in [0, 0.1) is 5.41 Å². The zero-order valence-corrected chi connectivity index (χ0v) is 13.8. The Morgan fingerprint density at radius 2 is 2.04 bits per heavy atom. The zero-order valence-electron chi connectivity index (χ0n) is 13.8. The summed E-state index contributed by atoms with van der Waals surface area (Å²) in [6, 6.07) is 7.78. The van der Waals surface area contributed by atoms with Gasteiger partial charge in [-0.3, -0.25) is 4.98 Å². The van der Waals surface area contributed by atoms with Crippen molar-refractivity contribution in [1.29, 1.82) is 0 Å². The number of nitrogens with zero attached hydrogens (tertiary/aromatic N) is 4. The second-order valence-electron chi connectivity index (χ2n) is 6.81. The Hall–Kier alpha value is -2.05. The van der Waals surface area contributed by atoms with Gasteiger partial charge in [-0.2, -0.15) is 0 Å². The van der Waals surface area contributed by atoms with E-state index in [1.165, 1.54) is 0 Å². The molecule has 1 spiro atoms. The summed E-state index contributed by atoms with van der Waals surface area (Å²) in [6.07, 6.45) is 7.19. The van der Waals surface area contributed by atoms with Gasteiger partial charge in [0.1, 0.15) is 11.5 Å². The minimum absolute atomic E-state index is 0.242. The lowest BCUT2D eigenvalue weighted by atomic mass is 9.76. The van der Waals surface area contributed by atoms with Crippen molar-refractivity contribution in [1.82, 2.24) is 15.0 Å². The van der Waals surface area contributed by atoms with Gasteiger partial charge in [0.2, 0.25) is 0 Å². The number of anilines is 1. The van der Waals surface area contributed by atoms with Crippen molar-refractivity contribution in [2.24, 2.45) is 11.1 Å². The lowest BCUT2D eigenvalue weighted by Crippen LogP contribution is -2.41. The van der Waals surface area contributed by atoms with Crippen LogP contribution in [-0.4, -0.2) is 47.3 Å². The number of hydrogen-bond acceptors (Lipinski definition) is 6. The summed E-state index contributed by atoms with van der Waals surface area (Å²) in [5.74, 6) is 1.66. The molecule has 0 radical (unpaired) electrons. The molecule has 126 valence electrons. The Bertz CT molecular complexity index is 685. The molecule has 6 heteroatoms. The minimum Gasteiger partial charge on any atom is -0.376 e. The van der Waals surface area contributed by atoms with Crippen LogP contribution in [-0.2, 0) is 4.74 Å². The van der Waals surface area contributed by atoms with E-state index in [0.717, 1.165) is 50.5 Å². The third-order valence-corrected chi connectivity index (χ3v) is 5.23. The van der Waals surface area contributed by atoms with Gasteiger partial charge in [-0.1, -0.05) is 6.07 Å². The maximum absolute atomic E-state index is 5.84. The van der Waals surface area contributed by atoms with Gasteiger partial charge in [0.15, 0.2) is 5.82 Å². The van der Waals surface area contributed by atoms with E-state index < -0.39 is 0 Å². The highest BCUT2D eigenvalue weighted by Crippen LogP contribution is 2.42. The first-order chi connectivity index (χ1) is 11.8. The molecule has 24 heavy (non-hydrogen) atoms. The van der Waals surface area contributed by atoms with Crippen molar-refractivity contribution in [2.75, 3.05) is 31.1 Å². The van der Waals surface area contributed by atoms with Gasteiger partial charge < -0.3 is 15.4 Å². The van der Waals surface area contributed by atoms with Crippen LogP contribution in [0.25, 0.3) is 11.5 Å². The van der Waals surface area contributed by atoms with E-state index in [-0.39, 0.29) is 6.10 Å². The second kappa shape index (κ2) is 6.45. The number of pyridine rings is 1. The molecule has 2 fully saturated rings. The van der Waals surface area contributed by atoms with Crippen molar-refractivity contribution in [2.45, 2.75) is 25.4 Å². The minimum atomic E-state index is 0.242. The Morgan fingerprint density at radius 3 is 2.75 bits per heavy atom. The number of ether oxygens (including phenoxy) is 1. The molecule has 1 atom stereocenters. The highest BCUT2D eigenvalue weighted by atomic mass is 16.5.